The minimum Gasteiger partial charge on any atom is -0.340 e. The van der Waals surface area contributed by atoms with Crippen LogP contribution in [0.3, 0.4) is 0 Å². The number of nitrogens with zero attached hydrogens (tertiary/aromatic N) is 1. The Bertz CT molecular complexity index is 442. The molecule has 0 radical (unpaired) electrons. The molecule has 1 amide bonds. The second kappa shape index (κ2) is 4.69. The molecule has 1 aliphatic heterocycles. The third-order valence-corrected chi connectivity index (χ3v) is 3.61. The first-order valence-electron chi connectivity index (χ1n) is 6.22. The summed E-state index contributed by atoms with van der Waals surface area (Å²) in [5, 5.41) is 0. The van der Waals surface area contributed by atoms with E-state index in [1.807, 2.05) is 13.8 Å². The van der Waals surface area contributed by atoms with Gasteiger partial charge >= 0.3 is 0 Å². The fraction of sp³-hybridized carbons (Fsp3) is 0.500. The van der Waals surface area contributed by atoms with Crippen molar-refractivity contribution in [2.24, 2.45) is 5.73 Å². The van der Waals surface area contributed by atoms with Crippen LogP contribution in [0.2, 0.25) is 0 Å². The van der Waals surface area contributed by atoms with Crippen LogP contribution in [0.4, 0.5) is 4.39 Å². The van der Waals surface area contributed by atoms with Crippen LogP contribution in [0.15, 0.2) is 24.3 Å². The van der Waals surface area contributed by atoms with Crippen molar-refractivity contribution in [3.05, 3.63) is 35.6 Å². The Labute approximate surface area is 107 Å². The fourth-order valence-electron chi connectivity index (χ4n) is 2.36. The van der Waals surface area contributed by atoms with Crippen molar-refractivity contribution in [1.29, 1.82) is 0 Å². The summed E-state index contributed by atoms with van der Waals surface area (Å²) in [4.78, 5) is 14.3. The van der Waals surface area contributed by atoms with Gasteiger partial charge in [0.2, 0.25) is 5.91 Å². The molecule has 1 aliphatic rings. The molecule has 0 bridgehead atoms. The third-order valence-electron chi connectivity index (χ3n) is 3.61. The Balaban J connectivity index is 2.19. The van der Waals surface area contributed by atoms with Gasteiger partial charge in [-0.15, -0.1) is 0 Å². The number of hydrogen-bond acceptors (Lipinski definition) is 2. The molecular weight excluding hydrogens is 231 g/mol. The highest BCUT2D eigenvalue weighted by atomic mass is 19.1. The maximum atomic E-state index is 12.9. The van der Waals surface area contributed by atoms with E-state index in [0.717, 1.165) is 12.0 Å². The van der Waals surface area contributed by atoms with Crippen molar-refractivity contribution in [2.75, 3.05) is 13.1 Å². The molecular formula is C14H19FN2O. The highest BCUT2D eigenvalue weighted by molar-refractivity contribution is 5.87. The third kappa shape index (κ3) is 2.38. The van der Waals surface area contributed by atoms with Crippen molar-refractivity contribution in [3.63, 3.8) is 0 Å². The lowest BCUT2D eigenvalue weighted by Crippen LogP contribution is -2.43. The molecule has 1 fully saturated rings. The van der Waals surface area contributed by atoms with Crippen LogP contribution < -0.4 is 5.73 Å². The van der Waals surface area contributed by atoms with Crippen molar-refractivity contribution in [1.82, 2.24) is 4.90 Å². The lowest BCUT2D eigenvalue weighted by atomic mass is 9.83. The van der Waals surface area contributed by atoms with Gasteiger partial charge in [-0.3, -0.25) is 4.79 Å². The maximum absolute atomic E-state index is 12.9. The molecule has 1 heterocycles. The largest absolute Gasteiger partial charge is 0.340 e. The normalized spacial score (nSPS) is 20.2. The number of likely N-dealkylation sites (tertiary alicyclic amines) is 1. The van der Waals surface area contributed by atoms with E-state index in [-0.39, 0.29) is 17.8 Å². The van der Waals surface area contributed by atoms with Crippen LogP contribution in [-0.4, -0.2) is 29.9 Å². The van der Waals surface area contributed by atoms with E-state index in [1.54, 1.807) is 17.0 Å². The molecule has 1 atom stereocenters. The number of hydrogen-bond donors (Lipinski definition) is 1. The van der Waals surface area contributed by atoms with E-state index in [2.05, 4.69) is 0 Å². The molecule has 98 valence electrons. The van der Waals surface area contributed by atoms with Gasteiger partial charge in [0, 0.05) is 19.1 Å². The van der Waals surface area contributed by atoms with E-state index in [9.17, 15) is 9.18 Å². The maximum Gasteiger partial charge on any atom is 0.232 e. The number of rotatable bonds is 2. The van der Waals surface area contributed by atoms with Crippen molar-refractivity contribution < 1.29 is 9.18 Å². The van der Waals surface area contributed by atoms with Gasteiger partial charge in [-0.2, -0.15) is 0 Å². The molecule has 3 nitrogen and oxygen atoms in total. The van der Waals surface area contributed by atoms with Gasteiger partial charge in [-0.25, -0.2) is 4.39 Å². The van der Waals surface area contributed by atoms with Crippen molar-refractivity contribution >= 4 is 5.91 Å². The van der Waals surface area contributed by atoms with Gasteiger partial charge < -0.3 is 10.6 Å². The monoisotopic (exact) mass is 250 g/mol. The van der Waals surface area contributed by atoms with Gasteiger partial charge in [-0.05, 0) is 38.0 Å². The molecule has 4 heteroatoms. The lowest BCUT2D eigenvalue weighted by Gasteiger charge is -2.29. The van der Waals surface area contributed by atoms with Crippen LogP contribution >= 0.6 is 0 Å². The zero-order valence-electron chi connectivity index (χ0n) is 10.8. The first-order chi connectivity index (χ1) is 8.41. The van der Waals surface area contributed by atoms with Crippen LogP contribution in [0.5, 0.6) is 0 Å². The molecule has 0 saturated carbocycles. The molecule has 0 unspecified atom stereocenters. The minimum atomic E-state index is -0.641. The minimum absolute atomic E-state index is 0.0575. The Morgan fingerprint density at radius 3 is 2.50 bits per heavy atom. The van der Waals surface area contributed by atoms with E-state index in [1.165, 1.54) is 12.1 Å². The van der Waals surface area contributed by atoms with Crippen LogP contribution in [-0.2, 0) is 10.2 Å². The summed E-state index contributed by atoms with van der Waals surface area (Å²) in [6.07, 6.45) is 0.852. The lowest BCUT2D eigenvalue weighted by molar-refractivity contribution is -0.135. The fourth-order valence-corrected chi connectivity index (χ4v) is 2.36. The summed E-state index contributed by atoms with van der Waals surface area (Å²) in [5.41, 5.74) is 6.01. The van der Waals surface area contributed by atoms with E-state index in [4.69, 9.17) is 5.73 Å². The number of amides is 1. The smallest absolute Gasteiger partial charge is 0.232 e. The Morgan fingerprint density at radius 2 is 2.00 bits per heavy atom. The zero-order chi connectivity index (χ0) is 13.3. The van der Waals surface area contributed by atoms with Crippen LogP contribution in [0.25, 0.3) is 0 Å². The molecule has 1 aromatic rings. The molecule has 18 heavy (non-hydrogen) atoms. The number of benzene rings is 1. The summed E-state index contributed by atoms with van der Waals surface area (Å²) < 4.78 is 12.9. The highest BCUT2D eigenvalue weighted by Gasteiger charge is 2.36. The number of carbonyl (C=O) groups excluding carboxylic acids is 1. The quantitative estimate of drug-likeness (QED) is 0.867. The molecule has 0 spiro atoms. The molecule has 2 rings (SSSR count). The number of carbonyl (C=O) groups is 1. The highest BCUT2D eigenvalue weighted by Crippen LogP contribution is 2.27. The first kappa shape index (κ1) is 13.0. The van der Waals surface area contributed by atoms with E-state index in [0.29, 0.717) is 13.1 Å². The van der Waals surface area contributed by atoms with Crippen LogP contribution in [0.1, 0.15) is 25.8 Å². The zero-order valence-corrected chi connectivity index (χ0v) is 10.8. The molecule has 0 aliphatic carbocycles. The second-order valence-corrected chi connectivity index (χ2v) is 5.43. The molecule has 2 N–H and O–H groups in total. The van der Waals surface area contributed by atoms with E-state index < -0.39 is 5.41 Å². The Kier molecular flexibility index (Phi) is 3.39. The second-order valence-electron chi connectivity index (χ2n) is 5.43. The summed E-state index contributed by atoms with van der Waals surface area (Å²) in [5.74, 6) is -0.229. The van der Waals surface area contributed by atoms with E-state index >= 15 is 0 Å². The van der Waals surface area contributed by atoms with Crippen molar-refractivity contribution in [3.8, 4) is 0 Å². The average molecular weight is 250 g/mol. The van der Waals surface area contributed by atoms with Gasteiger partial charge in [-0.1, -0.05) is 12.1 Å². The summed E-state index contributed by atoms with van der Waals surface area (Å²) in [7, 11) is 0. The summed E-state index contributed by atoms with van der Waals surface area (Å²) >= 11 is 0. The summed E-state index contributed by atoms with van der Waals surface area (Å²) in [6, 6.07) is 6.20. The molecule has 0 aromatic heterocycles. The number of halogens is 1. The van der Waals surface area contributed by atoms with Gasteiger partial charge in [0.05, 0.1) is 5.41 Å². The predicted octanol–water partition coefficient (Wildman–Crippen LogP) is 1.66. The summed E-state index contributed by atoms with van der Waals surface area (Å²) in [6.45, 7) is 5.06. The molecule has 1 aromatic carbocycles. The van der Waals surface area contributed by atoms with Crippen molar-refractivity contribution in [2.45, 2.75) is 31.7 Å². The topological polar surface area (TPSA) is 46.3 Å². The first-order valence-corrected chi connectivity index (χ1v) is 6.22. The van der Waals surface area contributed by atoms with Gasteiger partial charge in [0.15, 0.2) is 0 Å². The van der Waals surface area contributed by atoms with Gasteiger partial charge in [0.25, 0.3) is 0 Å². The average Bonchev–Trinajstić information content (AvgIpc) is 2.75. The Hall–Kier alpha value is -1.42. The van der Waals surface area contributed by atoms with Crippen LogP contribution in [0, 0.1) is 5.82 Å². The standard InChI is InChI=1S/C14H19FN2O/c1-14(2,10-3-5-11(15)6-4-10)13(18)17-8-7-12(16)9-17/h3-6,12H,7-9,16H2,1-2H3/t12-/m1/s1. The Morgan fingerprint density at radius 1 is 1.39 bits per heavy atom. The number of nitrogens with two attached hydrogens (primary N) is 1. The molecule has 1 saturated heterocycles. The SMILES string of the molecule is CC(C)(C(=O)N1CC[C@@H](N)C1)c1ccc(F)cc1. The predicted molar refractivity (Wildman–Crippen MR) is 68.6 cm³/mol. The van der Waals surface area contributed by atoms with Gasteiger partial charge in [0.1, 0.15) is 5.82 Å².